The molecule has 3 aromatic heterocycles. The van der Waals surface area contributed by atoms with Crippen molar-refractivity contribution >= 4 is 33.8 Å². The van der Waals surface area contributed by atoms with Crippen LogP contribution >= 0.6 is 11.3 Å². The zero-order valence-corrected chi connectivity index (χ0v) is 14.6. The highest BCUT2D eigenvalue weighted by atomic mass is 32.1. The molecule has 0 atom stereocenters. The predicted octanol–water partition coefficient (Wildman–Crippen LogP) is 1.39. The number of hydrogen-bond acceptors (Lipinski definition) is 8. The molecule has 0 radical (unpaired) electrons. The van der Waals surface area contributed by atoms with Gasteiger partial charge in [0, 0.05) is 19.0 Å². The van der Waals surface area contributed by atoms with Gasteiger partial charge in [-0.05, 0) is 31.4 Å². The summed E-state index contributed by atoms with van der Waals surface area (Å²) in [6, 6.07) is 3.84. The first-order valence-electron chi connectivity index (χ1n) is 8.28. The molecule has 0 unspecified atom stereocenters. The van der Waals surface area contributed by atoms with Crippen LogP contribution in [0.15, 0.2) is 18.5 Å². The maximum absolute atomic E-state index is 12.4. The van der Waals surface area contributed by atoms with Crippen molar-refractivity contribution in [2.75, 3.05) is 23.3 Å². The van der Waals surface area contributed by atoms with Gasteiger partial charge in [0.2, 0.25) is 11.0 Å². The Balaban J connectivity index is 1.36. The Bertz CT molecular complexity index is 882. The topological polar surface area (TPSA) is 101 Å². The fourth-order valence-corrected chi connectivity index (χ4v) is 3.59. The Morgan fingerprint density at radius 1 is 1.28 bits per heavy atom. The zero-order valence-electron chi connectivity index (χ0n) is 13.8. The lowest BCUT2D eigenvalue weighted by atomic mass is 9.96. The van der Waals surface area contributed by atoms with Gasteiger partial charge in [0.15, 0.2) is 5.65 Å². The Kier molecular flexibility index (Phi) is 4.26. The summed E-state index contributed by atoms with van der Waals surface area (Å²) < 4.78 is 1.66. The second-order valence-corrected chi connectivity index (χ2v) is 6.99. The van der Waals surface area contributed by atoms with Crippen molar-refractivity contribution in [3.63, 3.8) is 0 Å². The van der Waals surface area contributed by atoms with Gasteiger partial charge in [0.25, 0.3) is 0 Å². The molecule has 1 aliphatic heterocycles. The summed E-state index contributed by atoms with van der Waals surface area (Å²) in [5.74, 6) is 0.896. The van der Waals surface area contributed by atoms with Crippen LogP contribution in [0.4, 0.5) is 10.9 Å². The van der Waals surface area contributed by atoms with Crippen LogP contribution in [-0.4, -0.2) is 49.0 Å². The number of rotatable bonds is 4. The van der Waals surface area contributed by atoms with E-state index >= 15 is 0 Å². The third-order valence-corrected chi connectivity index (χ3v) is 5.32. The van der Waals surface area contributed by atoms with Crippen LogP contribution in [0.1, 0.15) is 24.8 Å². The summed E-state index contributed by atoms with van der Waals surface area (Å²) in [5, 5.41) is 24.8. The van der Waals surface area contributed by atoms with E-state index in [1.165, 1.54) is 11.3 Å². The lowest BCUT2D eigenvalue weighted by Gasteiger charge is -2.31. The van der Waals surface area contributed by atoms with Gasteiger partial charge in [-0.3, -0.25) is 4.79 Å². The molecule has 25 heavy (non-hydrogen) atoms. The molecule has 10 heteroatoms. The highest BCUT2D eigenvalue weighted by Crippen LogP contribution is 2.24. The third-order valence-electron chi connectivity index (χ3n) is 4.34. The summed E-state index contributed by atoms with van der Waals surface area (Å²) in [4.78, 5) is 14.6. The number of nitrogens with zero attached hydrogens (tertiary/aromatic N) is 7. The van der Waals surface area contributed by atoms with Gasteiger partial charge in [0.1, 0.15) is 17.2 Å². The molecule has 0 aliphatic carbocycles. The molecular weight excluding hydrogens is 340 g/mol. The van der Waals surface area contributed by atoms with E-state index in [-0.39, 0.29) is 11.8 Å². The van der Waals surface area contributed by atoms with Gasteiger partial charge in [-0.1, -0.05) is 18.3 Å². The molecule has 1 saturated heterocycles. The van der Waals surface area contributed by atoms with Crippen LogP contribution in [0.25, 0.3) is 5.65 Å². The summed E-state index contributed by atoms with van der Waals surface area (Å²) in [5.41, 5.74) is 0.724. The van der Waals surface area contributed by atoms with E-state index in [2.05, 4.69) is 35.7 Å². The third kappa shape index (κ3) is 3.29. The van der Waals surface area contributed by atoms with Crippen molar-refractivity contribution in [1.82, 2.24) is 30.0 Å². The number of hydrogen-bond donors (Lipinski definition) is 1. The maximum Gasteiger partial charge on any atom is 0.229 e. The van der Waals surface area contributed by atoms with Crippen molar-refractivity contribution < 1.29 is 4.79 Å². The van der Waals surface area contributed by atoms with Gasteiger partial charge < -0.3 is 10.2 Å². The number of fused-ring (bicyclic) bond motifs is 1. The van der Waals surface area contributed by atoms with Crippen LogP contribution in [0.2, 0.25) is 0 Å². The number of piperidine rings is 1. The Morgan fingerprint density at radius 3 is 2.88 bits per heavy atom. The normalized spacial score (nSPS) is 15.6. The molecule has 0 saturated carbocycles. The quantitative estimate of drug-likeness (QED) is 0.752. The van der Waals surface area contributed by atoms with Gasteiger partial charge in [-0.2, -0.15) is 4.52 Å². The molecule has 1 aliphatic rings. The number of amides is 1. The van der Waals surface area contributed by atoms with Crippen LogP contribution < -0.4 is 10.2 Å². The average molecular weight is 358 g/mol. The lowest BCUT2D eigenvalue weighted by Crippen LogP contribution is -2.38. The Morgan fingerprint density at radius 2 is 2.12 bits per heavy atom. The van der Waals surface area contributed by atoms with Crippen molar-refractivity contribution in [1.29, 1.82) is 0 Å². The molecule has 0 spiro atoms. The zero-order chi connectivity index (χ0) is 17.2. The fourth-order valence-electron chi connectivity index (χ4n) is 2.91. The summed E-state index contributed by atoms with van der Waals surface area (Å²) in [6.07, 6.45) is 3.99. The molecule has 4 heterocycles. The number of carbonyl (C=O) groups is 1. The molecule has 1 N–H and O–H groups in total. The first-order chi connectivity index (χ1) is 12.2. The van der Waals surface area contributed by atoms with Gasteiger partial charge in [0.05, 0.1) is 0 Å². The van der Waals surface area contributed by atoms with Gasteiger partial charge >= 0.3 is 0 Å². The second-order valence-electron chi connectivity index (χ2n) is 5.93. The van der Waals surface area contributed by atoms with E-state index in [0.717, 1.165) is 48.8 Å². The van der Waals surface area contributed by atoms with Crippen LogP contribution in [0.3, 0.4) is 0 Å². The van der Waals surface area contributed by atoms with E-state index in [0.29, 0.717) is 5.13 Å². The first-order valence-corrected chi connectivity index (χ1v) is 9.10. The number of anilines is 2. The Labute approximate surface area is 148 Å². The van der Waals surface area contributed by atoms with Gasteiger partial charge in [-0.25, -0.2) is 0 Å². The molecule has 4 rings (SSSR count). The molecule has 0 aromatic carbocycles. The minimum absolute atomic E-state index is 0.0103. The SMILES string of the molecule is CCc1nnc(NC(=O)C2CCN(c3ccc4nncn4n3)CC2)s1. The van der Waals surface area contributed by atoms with Crippen LogP contribution in [-0.2, 0) is 11.2 Å². The van der Waals surface area contributed by atoms with Crippen LogP contribution in [0.5, 0.6) is 0 Å². The standard InChI is InChI=1S/C15H18N8OS/c1-2-13-19-20-15(25-13)17-14(24)10-5-7-22(8-6-10)12-4-3-11-18-16-9-23(11)21-12/h3-4,9-10H,2,5-8H2,1H3,(H,17,20,24). The monoisotopic (exact) mass is 358 g/mol. The molecule has 3 aromatic rings. The number of nitrogens with one attached hydrogen (secondary N) is 1. The van der Waals surface area contributed by atoms with Crippen molar-refractivity contribution in [3.05, 3.63) is 23.5 Å². The largest absolute Gasteiger partial charge is 0.355 e. The average Bonchev–Trinajstić information content (AvgIpc) is 3.30. The fraction of sp³-hybridized carbons (Fsp3) is 0.467. The van der Waals surface area contributed by atoms with E-state index in [1.807, 2.05) is 19.1 Å². The molecule has 130 valence electrons. The van der Waals surface area contributed by atoms with Crippen molar-refractivity contribution in [2.45, 2.75) is 26.2 Å². The summed E-state index contributed by atoms with van der Waals surface area (Å²) in [6.45, 7) is 3.59. The Hall–Kier alpha value is -2.62. The van der Waals surface area contributed by atoms with Crippen molar-refractivity contribution in [3.8, 4) is 0 Å². The van der Waals surface area contributed by atoms with E-state index in [9.17, 15) is 4.79 Å². The molecule has 0 bridgehead atoms. The minimum Gasteiger partial charge on any atom is -0.355 e. The number of carbonyl (C=O) groups excluding carboxylic acids is 1. The predicted molar refractivity (Wildman–Crippen MR) is 93.6 cm³/mol. The molecule has 9 nitrogen and oxygen atoms in total. The van der Waals surface area contributed by atoms with Crippen LogP contribution in [0, 0.1) is 5.92 Å². The maximum atomic E-state index is 12.4. The molecule has 1 amide bonds. The molecule has 1 fully saturated rings. The smallest absolute Gasteiger partial charge is 0.229 e. The highest BCUT2D eigenvalue weighted by molar-refractivity contribution is 7.15. The highest BCUT2D eigenvalue weighted by Gasteiger charge is 2.26. The number of aromatic nitrogens is 6. The number of aryl methyl sites for hydroxylation is 1. The van der Waals surface area contributed by atoms with E-state index in [1.54, 1.807) is 10.8 Å². The lowest BCUT2D eigenvalue weighted by molar-refractivity contribution is -0.120. The first kappa shape index (κ1) is 15.9. The summed E-state index contributed by atoms with van der Waals surface area (Å²) in [7, 11) is 0. The van der Waals surface area contributed by atoms with Crippen molar-refractivity contribution in [2.24, 2.45) is 5.92 Å². The minimum atomic E-state index is -0.0103. The van der Waals surface area contributed by atoms with Gasteiger partial charge in [-0.15, -0.1) is 25.5 Å². The summed E-state index contributed by atoms with van der Waals surface area (Å²) >= 11 is 1.44. The second kappa shape index (κ2) is 6.71. The van der Waals surface area contributed by atoms with E-state index < -0.39 is 0 Å². The van der Waals surface area contributed by atoms with E-state index in [4.69, 9.17) is 0 Å². The molecular formula is C15H18N8OS.